The van der Waals surface area contributed by atoms with E-state index in [1.54, 1.807) is 12.1 Å². The maximum absolute atomic E-state index is 14.6. The second-order valence-electron chi connectivity index (χ2n) is 7.92. The molecule has 2 aromatic carbocycles. The molecular formula is C26H30F2. The Morgan fingerprint density at radius 1 is 0.893 bits per heavy atom. The third kappa shape index (κ3) is 4.82. The average molecular weight is 381 g/mol. The number of aryl methyl sites for hydroxylation is 1. The Morgan fingerprint density at radius 3 is 2.25 bits per heavy atom. The van der Waals surface area contributed by atoms with E-state index in [2.05, 4.69) is 30.9 Å². The molecule has 0 amide bonds. The van der Waals surface area contributed by atoms with Gasteiger partial charge in [-0.05, 0) is 68.1 Å². The number of unbranched alkanes of at least 4 members (excludes halogenated alkanes) is 2. The molecule has 0 aromatic heterocycles. The zero-order valence-corrected chi connectivity index (χ0v) is 17.0. The van der Waals surface area contributed by atoms with Crippen LogP contribution in [0.3, 0.4) is 0 Å². The Kier molecular flexibility index (Phi) is 7.26. The highest BCUT2D eigenvalue weighted by Gasteiger charge is 2.21. The number of halogens is 2. The lowest BCUT2D eigenvalue weighted by Crippen LogP contribution is -2.12. The summed E-state index contributed by atoms with van der Waals surface area (Å²) in [6.07, 6.45) is 8.19. The lowest BCUT2D eigenvalue weighted by atomic mass is 9.79. The highest BCUT2D eigenvalue weighted by atomic mass is 19.2. The van der Waals surface area contributed by atoms with Crippen LogP contribution in [0.15, 0.2) is 36.4 Å². The molecular weight excluding hydrogens is 350 g/mol. The van der Waals surface area contributed by atoms with Gasteiger partial charge in [-0.2, -0.15) is 0 Å². The zero-order chi connectivity index (χ0) is 19.9. The predicted molar refractivity (Wildman–Crippen MR) is 113 cm³/mol. The first-order valence-corrected chi connectivity index (χ1v) is 10.6. The minimum absolute atomic E-state index is 0.352. The van der Waals surface area contributed by atoms with Gasteiger partial charge in [-0.3, -0.25) is 0 Å². The van der Waals surface area contributed by atoms with Crippen molar-refractivity contribution in [1.82, 2.24) is 0 Å². The minimum atomic E-state index is -0.722. The molecule has 0 atom stereocenters. The van der Waals surface area contributed by atoms with E-state index < -0.39 is 11.6 Å². The lowest BCUT2D eigenvalue weighted by Gasteiger charge is -2.26. The molecule has 3 rings (SSSR count). The van der Waals surface area contributed by atoms with Crippen molar-refractivity contribution in [1.29, 1.82) is 0 Å². The van der Waals surface area contributed by atoms with Gasteiger partial charge in [0.05, 0.1) is 0 Å². The largest absolute Gasteiger partial charge is 0.203 e. The summed E-state index contributed by atoms with van der Waals surface area (Å²) in [6, 6.07) is 11.5. The van der Waals surface area contributed by atoms with Crippen LogP contribution in [0, 0.1) is 29.4 Å². The van der Waals surface area contributed by atoms with Crippen molar-refractivity contribution in [2.45, 2.75) is 71.1 Å². The molecule has 1 aliphatic rings. The molecule has 0 spiro atoms. The Labute approximate surface area is 168 Å². The van der Waals surface area contributed by atoms with Gasteiger partial charge in [-0.1, -0.05) is 56.2 Å². The standard InChI is InChI=1S/C26H30F2/c1-3-5-6-8-23-17-18-24(26(28)25(23)27)22-15-13-21(14-16-22)20-11-9-19(7-4-2)10-12-20/h13-20H,3,5-6,8-12H2,1-2H3. The van der Waals surface area contributed by atoms with E-state index in [0.29, 0.717) is 29.4 Å². The van der Waals surface area contributed by atoms with Crippen LogP contribution in [0.4, 0.5) is 8.78 Å². The topological polar surface area (TPSA) is 0 Å². The van der Waals surface area contributed by atoms with Crippen LogP contribution in [-0.2, 0) is 6.42 Å². The molecule has 0 unspecified atom stereocenters. The number of benzene rings is 2. The van der Waals surface area contributed by atoms with Gasteiger partial charge in [-0.15, -0.1) is 11.8 Å². The average Bonchev–Trinajstić information content (AvgIpc) is 2.72. The molecule has 1 fully saturated rings. The molecule has 0 bridgehead atoms. The first kappa shape index (κ1) is 20.6. The molecule has 0 nitrogen and oxygen atoms in total. The Morgan fingerprint density at radius 2 is 1.61 bits per heavy atom. The SMILES string of the molecule is CC#CC1CCC(c2ccc(-c3ccc(CCCCC)c(F)c3F)cc2)CC1. The van der Waals surface area contributed by atoms with E-state index in [-0.39, 0.29) is 0 Å². The molecule has 28 heavy (non-hydrogen) atoms. The summed E-state index contributed by atoms with van der Waals surface area (Å²) in [6.45, 7) is 4.01. The molecule has 0 saturated heterocycles. The Bertz CT molecular complexity index is 831. The van der Waals surface area contributed by atoms with Crippen molar-refractivity contribution < 1.29 is 8.78 Å². The first-order valence-electron chi connectivity index (χ1n) is 10.6. The Balaban J connectivity index is 1.71. The van der Waals surface area contributed by atoms with Crippen LogP contribution in [0.5, 0.6) is 0 Å². The number of hydrogen-bond donors (Lipinski definition) is 0. The minimum Gasteiger partial charge on any atom is -0.203 e. The summed E-state index contributed by atoms with van der Waals surface area (Å²) in [5, 5.41) is 0. The maximum atomic E-state index is 14.6. The van der Waals surface area contributed by atoms with Crippen molar-refractivity contribution in [3.8, 4) is 23.0 Å². The van der Waals surface area contributed by atoms with Crippen molar-refractivity contribution >= 4 is 0 Å². The van der Waals surface area contributed by atoms with Crippen LogP contribution >= 0.6 is 0 Å². The fraction of sp³-hybridized carbons (Fsp3) is 0.462. The lowest BCUT2D eigenvalue weighted by molar-refractivity contribution is 0.384. The number of rotatable bonds is 6. The van der Waals surface area contributed by atoms with E-state index in [9.17, 15) is 8.78 Å². The summed E-state index contributed by atoms with van der Waals surface area (Å²) in [5.41, 5.74) is 2.87. The van der Waals surface area contributed by atoms with E-state index in [1.165, 1.54) is 5.56 Å². The zero-order valence-electron chi connectivity index (χ0n) is 17.0. The normalized spacial score (nSPS) is 19.1. The van der Waals surface area contributed by atoms with Gasteiger partial charge in [0, 0.05) is 11.5 Å². The molecule has 2 heteroatoms. The van der Waals surface area contributed by atoms with E-state index in [1.807, 2.05) is 19.1 Å². The fourth-order valence-corrected chi connectivity index (χ4v) is 4.28. The monoisotopic (exact) mass is 380 g/mol. The van der Waals surface area contributed by atoms with Crippen LogP contribution in [0.2, 0.25) is 0 Å². The van der Waals surface area contributed by atoms with E-state index >= 15 is 0 Å². The van der Waals surface area contributed by atoms with E-state index in [0.717, 1.165) is 50.5 Å². The van der Waals surface area contributed by atoms with Crippen LogP contribution in [0.25, 0.3) is 11.1 Å². The fourth-order valence-electron chi connectivity index (χ4n) is 4.28. The van der Waals surface area contributed by atoms with Crippen LogP contribution < -0.4 is 0 Å². The Hall–Kier alpha value is -2.14. The smallest absolute Gasteiger partial charge is 0.166 e. The molecule has 0 heterocycles. The van der Waals surface area contributed by atoms with Crippen molar-refractivity contribution in [2.24, 2.45) is 5.92 Å². The summed E-state index contributed by atoms with van der Waals surface area (Å²) in [7, 11) is 0. The van der Waals surface area contributed by atoms with E-state index in [4.69, 9.17) is 0 Å². The molecule has 2 aromatic rings. The van der Waals surface area contributed by atoms with Gasteiger partial charge in [0.25, 0.3) is 0 Å². The third-order valence-corrected chi connectivity index (χ3v) is 5.98. The maximum Gasteiger partial charge on any atom is 0.166 e. The van der Waals surface area contributed by atoms with Gasteiger partial charge in [0.1, 0.15) is 0 Å². The predicted octanol–water partition coefficient (Wildman–Crippen LogP) is 7.66. The van der Waals surface area contributed by atoms with Gasteiger partial charge < -0.3 is 0 Å². The number of hydrogen-bond acceptors (Lipinski definition) is 0. The molecule has 148 valence electrons. The van der Waals surface area contributed by atoms with Gasteiger partial charge in [0.15, 0.2) is 11.6 Å². The highest BCUT2D eigenvalue weighted by molar-refractivity contribution is 5.65. The summed E-state index contributed by atoms with van der Waals surface area (Å²) in [4.78, 5) is 0. The van der Waals surface area contributed by atoms with Gasteiger partial charge >= 0.3 is 0 Å². The summed E-state index contributed by atoms with van der Waals surface area (Å²) < 4.78 is 29.1. The molecule has 1 saturated carbocycles. The van der Waals surface area contributed by atoms with Crippen LogP contribution in [-0.4, -0.2) is 0 Å². The third-order valence-electron chi connectivity index (χ3n) is 5.98. The summed E-state index contributed by atoms with van der Waals surface area (Å²) in [5.74, 6) is 6.00. The first-order chi connectivity index (χ1) is 13.6. The summed E-state index contributed by atoms with van der Waals surface area (Å²) >= 11 is 0. The van der Waals surface area contributed by atoms with Crippen molar-refractivity contribution in [2.75, 3.05) is 0 Å². The van der Waals surface area contributed by atoms with Crippen molar-refractivity contribution in [3.63, 3.8) is 0 Å². The molecule has 0 N–H and O–H groups in total. The second-order valence-corrected chi connectivity index (χ2v) is 7.92. The second kappa shape index (κ2) is 9.87. The quantitative estimate of drug-likeness (QED) is 0.356. The molecule has 1 aliphatic carbocycles. The van der Waals surface area contributed by atoms with Gasteiger partial charge in [-0.25, -0.2) is 8.78 Å². The molecule has 0 aliphatic heterocycles. The van der Waals surface area contributed by atoms with Gasteiger partial charge in [0.2, 0.25) is 0 Å². The highest BCUT2D eigenvalue weighted by Crippen LogP contribution is 2.36. The molecule has 0 radical (unpaired) electrons. The van der Waals surface area contributed by atoms with Crippen molar-refractivity contribution in [3.05, 3.63) is 59.2 Å². The van der Waals surface area contributed by atoms with Crippen LogP contribution in [0.1, 0.15) is 75.8 Å².